The first-order chi connectivity index (χ1) is 11.0. The highest BCUT2D eigenvalue weighted by atomic mass is 15.0. The van der Waals surface area contributed by atoms with Gasteiger partial charge in [0.2, 0.25) is 0 Å². The molecule has 1 aliphatic rings. The van der Waals surface area contributed by atoms with Crippen molar-refractivity contribution >= 4 is 16.5 Å². The van der Waals surface area contributed by atoms with E-state index in [1.54, 1.807) is 0 Å². The number of allylic oxidation sites excluding steroid dienone is 1. The smallest absolute Gasteiger partial charge is 0.0991 e. The van der Waals surface area contributed by atoms with E-state index in [4.69, 9.17) is 0 Å². The molecule has 0 saturated carbocycles. The number of aromatic nitrogens is 1. The first-order valence-electron chi connectivity index (χ1n) is 7.84. The van der Waals surface area contributed by atoms with E-state index in [2.05, 4.69) is 67.9 Å². The number of nitriles is 1. The van der Waals surface area contributed by atoms with Gasteiger partial charge in [0.1, 0.15) is 0 Å². The van der Waals surface area contributed by atoms with Crippen LogP contribution in [0.4, 0.5) is 0 Å². The van der Waals surface area contributed by atoms with Gasteiger partial charge in [-0.2, -0.15) is 5.26 Å². The first-order valence-corrected chi connectivity index (χ1v) is 7.84. The molecule has 2 heteroatoms. The van der Waals surface area contributed by atoms with Crippen LogP contribution >= 0.6 is 0 Å². The summed E-state index contributed by atoms with van der Waals surface area (Å²) in [6.45, 7) is 4.51. The van der Waals surface area contributed by atoms with Gasteiger partial charge in [0.05, 0.1) is 11.6 Å². The summed E-state index contributed by atoms with van der Waals surface area (Å²) in [6, 6.07) is 18.8. The summed E-state index contributed by atoms with van der Waals surface area (Å²) in [5, 5.41) is 10.4. The summed E-state index contributed by atoms with van der Waals surface area (Å²) in [5.74, 6) is 0. The summed E-state index contributed by atoms with van der Waals surface area (Å²) in [5.41, 5.74) is 6.96. The highest BCUT2D eigenvalue weighted by Gasteiger charge is 2.35. The fraction of sp³-hybridized carbons (Fsp3) is 0.190. The molecule has 0 bridgehead atoms. The summed E-state index contributed by atoms with van der Waals surface area (Å²) in [4.78, 5) is 0. The Kier molecular flexibility index (Phi) is 2.77. The van der Waals surface area contributed by atoms with Crippen LogP contribution in [0.1, 0.15) is 36.2 Å². The fourth-order valence-corrected chi connectivity index (χ4v) is 3.89. The van der Waals surface area contributed by atoms with Crippen molar-refractivity contribution in [2.45, 2.75) is 19.3 Å². The van der Waals surface area contributed by atoms with E-state index in [1.165, 1.54) is 33.3 Å². The third kappa shape index (κ3) is 1.87. The third-order valence-electron chi connectivity index (χ3n) is 4.80. The Morgan fingerprint density at radius 1 is 1.04 bits per heavy atom. The minimum Gasteiger partial charge on any atom is -0.346 e. The van der Waals surface area contributed by atoms with Crippen LogP contribution in [0.2, 0.25) is 0 Å². The normalized spacial score (nSPS) is 15.3. The minimum absolute atomic E-state index is 0.0267. The van der Waals surface area contributed by atoms with Crippen molar-refractivity contribution in [1.29, 1.82) is 5.26 Å². The lowest BCUT2D eigenvalue weighted by atomic mass is 9.92. The van der Waals surface area contributed by atoms with Crippen molar-refractivity contribution in [1.82, 2.24) is 4.57 Å². The molecule has 1 aliphatic carbocycles. The van der Waals surface area contributed by atoms with Gasteiger partial charge in [0.15, 0.2) is 0 Å². The van der Waals surface area contributed by atoms with E-state index in [0.717, 1.165) is 0 Å². The molecule has 0 fully saturated rings. The van der Waals surface area contributed by atoms with Crippen LogP contribution in [-0.2, 0) is 12.5 Å². The molecule has 0 unspecified atom stereocenters. The Morgan fingerprint density at radius 2 is 1.78 bits per heavy atom. The molecule has 0 amide bonds. The molecular formula is C21H18N2. The van der Waals surface area contributed by atoms with Crippen molar-refractivity contribution in [3.8, 4) is 6.07 Å². The Hall–Kier alpha value is -2.79. The number of benzene rings is 2. The molecule has 3 aromatic rings. The zero-order valence-corrected chi connectivity index (χ0v) is 13.6. The van der Waals surface area contributed by atoms with Crippen LogP contribution in [0, 0.1) is 11.3 Å². The number of hydrogen-bond donors (Lipinski definition) is 0. The van der Waals surface area contributed by atoms with Gasteiger partial charge < -0.3 is 4.57 Å². The molecule has 0 radical (unpaired) electrons. The van der Waals surface area contributed by atoms with Gasteiger partial charge in [-0.25, -0.2) is 0 Å². The Morgan fingerprint density at radius 3 is 2.48 bits per heavy atom. The number of aryl methyl sites for hydroxylation is 1. The third-order valence-corrected chi connectivity index (χ3v) is 4.80. The number of rotatable bonds is 1. The van der Waals surface area contributed by atoms with Gasteiger partial charge in [0.25, 0.3) is 0 Å². The molecule has 23 heavy (non-hydrogen) atoms. The van der Waals surface area contributed by atoms with Crippen molar-refractivity contribution in [2.24, 2.45) is 7.05 Å². The molecule has 112 valence electrons. The quantitative estimate of drug-likeness (QED) is 0.636. The number of nitrogens with zero attached hydrogens (tertiary/aromatic N) is 2. The highest BCUT2D eigenvalue weighted by molar-refractivity contribution is 6.02. The molecule has 0 spiro atoms. The lowest BCUT2D eigenvalue weighted by Crippen LogP contribution is -2.15. The van der Waals surface area contributed by atoms with Gasteiger partial charge in [-0.05, 0) is 29.3 Å². The van der Waals surface area contributed by atoms with Gasteiger partial charge in [-0.3, -0.25) is 0 Å². The topological polar surface area (TPSA) is 28.7 Å². The SMILES string of the molecule is Cn1c2c(c3cc(C#N)ccc31)C(c1ccccc1)=CC2(C)C. The average Bonchev–Trinajstić information content (AvgIpc) is 3.02. The molecule has 1 aromatic heterocycles. The van der Waals surface area contributed by atoms with Crippen molar-refractivity contribution in [2.75, 3.05) is 0 Å². The van der Waals surface area contributed by atoms with Gasteiger partial charge in [-0.1, -0.05) is 50.3 Å². The summed E-state index contributed by atoms with van der Waals surface area (Å²) in [7, 11) is 2.12. The monoisotopic (exact) mass is 298 g/mol. The van der Waals surface area contributed by atoms with E-state index >= 15 is 0 Å². The van der Waals surface area contributed by atoms with E-state index in [1.807, 2.05) is 18.2 Å². The second-order valence-corrected chi connectivity index (χ2v) is 6.77. The molecule has 0 aliphatic heterocycles. The van der Waals surface area contributed by atoms with Gasteiger partial charge in [-0.15, -0.1) is 0 Å². The molecule has 4 rings (SSSR count). The second kappa shape index (κ2) is 4.60. The molecule has 0 atom stereocenters. The lowest BCUT2D eigenvalue weighted by molar-refractivity contribution is 0.624. The predicted molar refractivity (Wildman–Crippen MR) is 94.2 cm³/mol. The summed E-state index contributed by atoms with van der Waals surface area (Å²) < 4.78 is 2.28. The number of hydrogen-bond acceptors (Lipinski definition) is 1. The van der Waals surface area contributed by atoms with Crippen molar-refractivity contribution in [3.05, 3.63) is 77.0 Å². The Bertz CT molecular complexity index is 996. The zero-order chi connectivity index (χ0) is 16.2. The van der Waals surface area contributed by atoms with E-state index in [-0.39, 0.29) is 5.41 Å². The maximum Gasteiger partial charge on any atom is 0.0991 e. The van der Waals surface area contributed by atoms with Crippen LogP contribution in [0.15, 0.2) is 54.6 Å². The van der Waals surface area contributed by atoms with E-state index in [0.29, 0.717) is 5.56 Å². The summed E-state index contributed by atoms with van der Waals surface area (Å²) >= 11 is 0. The second-order valence-electron chi connectivity index (χ2n) is 6.77. The molecular weight excluding hydrogens is 280 g/mol. The van der Waals surface area contributed by atoms with Crippen LogP contribution in [0.3, 0.4) is 0 Å². The van der Waals surface area contributed by atoms with Crippen molar-refractivity contribution < 1.29 is 0 Å². The van der Waals surface area contributed by atoms with Crippen LogP contribution < -0.4 is 0 Å². The van der Waals surface area contributed by atoms with Gasteiger partial charge >= 0.3 is 0 Å². The van der Waals surface area contributed by atoms with Crippen LogP contribution in [-0.4, -0.2) is 4.57 Å². The minimum atomic E-state index is -0.0267. The average molecular weight is 298 g/mol. The largest absolute Gasteiger partial charge is 0.346 e. The highest BCUT2D eigenvalue weighted by Crippen LogP contribution is 2.47. The summed E-state index contributed by atoms with van der Waals surface area (Å²) in [6.07, 6.45) is 2.35. The zero-order valence-electron chi connectivity index (χ0n) is 13.6. The Labute approximate surface area is 136 Å². The van der Waals surface area contributed by atoms with E-state index < -0.39 is 0 Å². The predicted octanol–water partition coefficient (Wildman–Crippen LogP) is 4.77. The fourth-order valence-electron chi connectivity index (χ4n) is 3.89. The van der Waals surface area contributed by atoms with Crippen LogP contribution in [0.5, 0.6) is 0 Å². The Balaban J connectivity index is 2.11. The molecule has 0 saturated heterocycles. The first kappa shape index (κ1) is 13.8. The maximum atomic E-state index is 9.27. The lowest BCUT2D eigenvalue weighted by Gasteiger charge is -2.18. The van der Waals surface area contributed by atoms with Crippen LogP contribution in [0.25, 0.3) is 16.5 Å². The molecule has 2 aromatic carbocycles. The maximum absolute atomic E-state index is 9.27. The van der Waals surface area contributed by atoms with E-state index in [9.17, 15) is 5.26 Å². The molecule has 0 N–H and O–H groups in total. The van der Waals surface area contributed by atoms with Gasteiger partial charge in [0, 0.05) is 34.6 Å². The standard InChI is InChI=1S/C21H18N2/c1-21(2)12-17(15-7-5-4-6-8-15)19-16-11-14(13-22)9-10-18(16)23(3)20(19)21/h4-12H,1-3H3. The number of fused-ring (bicyclic) bond motifs is 3. The van der Waals surface area contributed by atoms with Crippen molar-refractivity contribution in [3.63, 3.8) is 0 Å². The molecule has 2 nitrogen and oxygen atoms in total. The molecule has 1 heterocycles.